The van der Waals surface area contributed by atoms with Crippen molar-refractivity contribution < 1.29 is 0 Å². The highest BCUT2D eigenvalue weighted by Gasteiger charge is 2.06. The van der Waals surface area contributed by atoms with E-state index in [9.17, 15) is 0 Å². The number of benzene rings is 2. The zero-order valence-corrected chi connectivity index (χ0v) is 14.9. The topological polar surface area (TPSA) is 49.8 Å². The SMILES string of the molecule is C=CCNc1nc(NCCCc2ccccc2)cc(-c2ccccc2)n1. The first-order chi connectivity index (χ1) is 12.8. The monoisotopic (exact) mass is 344 g/mol. The Hall–Kier alpha value is -3.14. The zero-order chi connectivity index (χ0) is 18.0. The van der Waals surface area contributed by atoms with Crippen LogP contribution < -0.4 is 10.6 Å². The summed E-state index contributed by atoms with van der Waals surface area (Å²) < 4.78 is 0. The van der Waals surface area contributed by atoms with Gasteiger partial charge in [-0.25, -0.2) is 4.98 Å². The molecule has 1 aromatic heterocycles. The Kier molecular flexibility index (Phi) is 6.37. The number of hydrogen-bond donors (Lipinski definition) is 2. The lowest BCUT2D eigenvalue weighted by Gasteiger charge is -2.11. The first kappa shape index (κ1) is 17.7. The first-order valence-electron chi connectivity index (χ1n) is 8.92. The molecule has 0 fully saturated rings. The highest BCUT2D eigenvalue weighted by atomic mass is 15.1. The third-order valence-electron chi connectivity index (χ3n) is 3.99. The van der Waals surface area contributed by atoms with Gasteiger partial charge in [-0.15, -0.1) is 6.58 Å². The van der Waals surface area contributed by atoms with Crippen molar-refractivity contribution in [2.75, 3.05) is 23.7 Å². The fraction of sp³-hybridized carbons (Fsp3) is 0.182. The van der Waals surface area contributed by atoms with E-state index in [0.717, 1.165) is 36.5 Å². The largest absolute Gasteiger partial charge is 0.370 e. The van der Waals surface area contributed by atoms with E-state index in [1.807, 2.05) is 30.3 Å². The minimum atomic E-state index is 0.608. The summed E-state index contributed by atoms with van der Waals surface area (Å²) in [5.74, 6) is 1.44. The third kappa shape index (κ3) is 5.18. The molecular weight excluding hydrogens is 320 g/mol. The van der Waals surface area contributed by atoms with Crippen LogP contribution >= 0.6 is 0 Å². The van der Waals surface area contributed by atoms with Gasteiger partial charge in [0, 0.05) is 24.7 Å². The van der Waals surface area contributed by atoms with E-state index in [2.05, 4.69) is 63.6 Å². The van der Waals surface area contributed by atoms with Crippen LogP contribution in [0.4, 0.5) is 11.8 Å². The zero-order valence-electron chi connectivity index (χ0n) is 14.9. The standard InChI is InChI=1S/C22H24N4/c1-2-15-24-22-25-20(19-13-7-4-8-14-19)17-21(26-22)23-16-9-12-18-10-5-3-6-11-18/h2-8,10-11,13-14,17H,1,9,12,15-16H2,(H2,23,24,25,26). The molecule has 2 N–H and O–H groups in total. The maximum absolute atomic E-state index is 4.61. The Balaban J connectivity index is 1.67. The summed E-state index contributed by atoms with van der Waals surface area (Å²) in [5, 5.41) is 6.61. The summed E-state index contributed by atoms with van der Waals surface area (Å²) in [5.41, 5.74) is 3.33. The van der Waals surface area contributed by atoms with Crippen molar-refractivity contribution in [1.29, 1.82) is 0 Å². The molecule has 0 spiro atoms. The Morgan fingerprint density at radius 1 is 0.885 bits per heavy atom. The van der Waals surface area contributed by atoms with Gasteiger partial charge in [0.2, 0.25) is 5.95 Å². The Bertz CT molecular complexity index is 816. The Morgan fingerprint density at radius 3 is 2.35 bits per heavy atom. The van der Waals surface area contributed by atoms with E-state index in [0.29, 0.717) is 12.5 Å². The van der Waals surface area contributed by atoms with Gasteiger partial charge < -0.3 is 10.6 Å². The molecule has 1 heterocycles. The third-order valence-corrected chi connectivity index (χ3v) is 3.99. The van der Waals surface area contributed by atoms with Gasteiger partial charge in [-0.1, -0.05) is 66.7 Å². The van der Waals surface area contributed by atoms with E-state index in [1.165, 1.54) is 5.56 Å². The smallest absolute Gasteiger partial charge is 0.225 e. The molecule has 4 heteroatoms. The number of nitrogens with zero attached hydrogens (tertiary/aromatic N) is 2. The second kappa shape index (κ2) is 9.37. The molecule has 0 radical (unpaired) electrons. The van der Waals surface area contributed by atoms with Crippen LogP contribution in [-0.4, -0.2) is 23.1 Å². The number of rotatable bonds is 9. The van der Waals surface area contributed by atoms with Gasteiger partial charge in [0.15, 0.2) is 0 Å². The molecule has 0 aliphatic heterocycles. The van der Waals surface area contributed by atoms with Crippen LogP contribution in [0.5, 0.6) is 0 Å². The minimum Gasteiger partial charge on any atom is -0.370 e. The number of anilines is 2. The first-order valence-corrected chi connectivity index (χ1v) is 8.92. The van der Waals surface area contributed by atoms with Crippen LogP contribution in [0.2, 0.25) is 0 Å². The molecule has 26 heavy (non-hydrogen) atoms. The van der Waals surface area contributed by atoms with E-state index in [4.69, 9.17) is 0 Å². The minimum absolute atomic E-state index is 0.608. The summed E-state index contributed by atoms with van der Waals surface area (Å²) in [4.78, 5) is 9.17. The normalized spacial score (nSPS) is 10.3. The molecule has 132 valence electrons. The molecule has 0 aliphatic rings. The van der Waals surface area contributed by atoms with Crippen LogP contribution in [0.3, 0.4) is 0 Å². The van der Waals surface area contributed by atoms with Crippen molar-refractivity contribution in [2.45, 2.75) is 12.8 Å². The maximum Gasteiger partial charge on any atom is 0.225 e. The highest BCUT2D eigenvalue weighted by molar-refractivity contribution is 5.64. The Labute approximate surface area is 155 Å². The molecule has 0 atom stereocenters. The summed E-state index contributed by atoms with van der Waals surface area (Å²) in [7, 11) is 0. The van der Waals surface area contributed by atoms with Crippen molar-refractivity contribution in [3.05, 3.63) is 84.9 Å². The van der Waals surface area contributed by atoms with Crippen LogP contribution in [0.1, 0.15) is 12.0 Å². The van der Waals surface area contributed by atoms with Gasteiger partial charge in [-0.05, 0) is 18.4 Å². The molecule has 0 saturated carbocycles. The van der Waals surface area contributed by atoms with Gasteiger partial charge >= 0.3 is 0 Å². The second-order valence-electron chi connectivity index (χ2n) is 6.01. The van der Waals surface area contributed by atoms with Crippen LogP contribution in [-0.2, 0) is 6.42 Å². The molecule has 0 unspecified atom stereocenters. The molecule has 4 nitrogen and oxygen atoms in total. The molecule has 0 amide bonds. The summed E-state index contributed by atoms with van der Waals surface area (Å²) in [6.45, 7) is 5.23. The quantitative estimate of drug-likeness (QED) is 0.433. The van der Waals surface area contributed by atoms with E-state index < -0.39 is 0 Å². The molecule has 3 aromatic rings. The maximum atomic E-state index is 4.61. The van der Waals surface area contributed by atoms with E-state index in [-0.39, 0.29) is 0 Å². The molecule has 0 saturated heterocycles. The Morgan fingerprint density at radius 2 is 1.62 bits per heavy atom. The second-order valence-corrected chi connectivity index (χ2v) is 6.01. The van der Waals surface area contributed by atoms with Crippen LogP contribution in [0, 0.1) is 0 Å². The summed E-state index contributed by atoms with van der Waals surface area (Å²) in [6.07, 6.45) is 3.89. The number of aromatic nitrogens is 2. The predicted molar refractivity (Wildman–Crippen MR) is 109 cm³/mol. The molecule has 2 aromatic carbocycles. The number of hydrogen-bond acceptors (Lipinski definition) is 4. The number of nitrogens with one attached hydrogen (secondary N) is 2. The molecule has 3 rings (SSSR count). The van der Waals surface area contributed by atoms with Crippen molar-refractivity contribution >= 4 is 11.8 Å². The van der Waals surface area contributed by atoms with E-state index in [1.54, 1.807) is 6.08 Å². The average Bonchev–Trinajstić information content (AvgIpc) is 2.71. The summed E-state index contributed by atoms with van der Waals surface area (Å²) >= 11 is 0. The van der Waals surface area contributed by atoms with Crippen molar-refractivity contribution in [3.63, 3.8) is 0 Å². The van der Waals surface area contributed by atoms with Crippen LogP contribution in [0.15, 0.2) is 79.4 Å². The predicted octanol–water partition coefficient (Wildman–Crippen LogP) is 4.79. The van der Waals surface area contributed by atoms with Crippen LogP contribution in [0.25, 0.3) is 11.3 Å². The lowest BCUT2D eigenvalue weighted by Crippen LogP contribution is -2.09. The molecular formula is C22H24N4. The van der Waals surface area contributed by atoms with Gasteiger partial charge in [0.05, 0.1) is 5.69 Å². The van der Waals surface area contributed by atoms with Gasteiger partial charge in [0.1, 0.15) is 5.82 Å². The van der Waals surface area contributed by atoms with Crippen molar-refractivity contribution in [3.8, 4) is 11.3 Å². The number of aryl methyl sites for hydroxylation is 1. The molecule has 0 aliphatic carbocycles. The average molecular weight is 344 g/mol. The lowest BCUT2D eigenvalue weighted by atomic mass is 10.1. The molecule has 0 bridgehead atoms. The highest BCUT2D eigenvalue weighted by Crippen LogP contribution is 2.21. The van der Waals surface area contributed by atoms with Crippen molar-refractivity contribution in [1.82, 2.24) is 9.97 Å². The van der Waals surface area contributed by atoms with Gasteiger partial charge in [0.25, 0.3) is 0 Å². The van der Waals surface area contributed by atoms with Gasteiger partial charge in [-0.2, -0.15) is 4.98 Å². The van der Waals surface area contributed by atoms with Gasteiger partial charge in [-0.3, -0.25) is 0 Å². The van der Waals surface area contributed by atoms with Crippen molar-refractivity contribution in [2.24, 2.45) is 0 Å². The fourth-order valence-corrected chi connectivity index (χ4v) is 2.69. The van der Waals surface area contributed by atoms with E-state index >= 15 is 0 Å². The summed E-state index contributed by atoms with van der Waals surface area (Å²) in [6, 6.07) is 22.7. The lowest BCUT2D eigenvalue weighted by molar-refractivity contribution is 0.858. The fourth-order valence-electron chi connectivity index (χ4n) is 2.69.